The Kier molecular flexibility index (Phi) is 5.40. The van der Waals surface area contributed by atoms with Crippen molar-refractivity contribution in [2.45, 2.75) is 45.1 Å². The molecule has 1 aromatic rings. The first-order valence-electron chi connectivity index (χ1n) is 7.71. The molecule has 128 valence electrons. The number of amides is 1. The van der Waals surface area contributed by atoms with Crippen molar-refractivity contribution in [3.63, 3.8) is 0 Å². The van der Waals surface area contributed by atoms with Crippen molar-refractivity contribution >= 4 is 17.7 Å². The lowest BCUT2D eigenvalue weighted by Crippen LogP contribution is -2.39. The smallest absolute Gasteiger partial charge is 0.407 e. The van der Waals surface area contributed by atoms with E-state index in [1.807, 2.05) is 20.8 Å². The summed E-state index contributed by atoms with van der Waals surface area (Å²) in [5, 5.41) is 2.88. The molecule has 0 saturated heterocycles. The summed E-state index contributed by atoms with van der Waals surface area (Å²) in [6.45, 7) is 5.98. The zero-order valence-electron chi connectivity index (χ0n) is 13.9. The minimum atomic E-state index is -0.517. The molecule has 1 fully saturated rings. The lowest BCUT2D eigenvalue weighted by molar-refractivity contribution is 0.0505. The molecule has 1 aliphatic rings. The molecule has 0 spiro atoms. The van der Waals surface area contributed by atoms with Gasteiger partial charge in [0.25, 0.3) is 0 Å². The van der Waals surface area contributed by atoms with Crippen LogP contribution in [0.2, 0.25) is 5.02 Å². The van der Waals surface area contributed by atoms with Crippen LogP contribution in [-0.2, 0) is 4.74 Å². The van der Waals surface area contributed by atoms with Crippen molar-refractivity contribution in [1.29, 1.82) is 0 Å². The topological polar surface area (TPSA) is 47.6 Å². The van der Waals surface area contributed by atoms with Crippen molar-refractivity contribution in [1.82, 2.24) is 5.32 Å². The SMILES string of the molecule is COc1cc(F)c(Cl)cc1[C@@H]1CC[C@H]1CNC(=O)OC(C)(C)C. The number of hydrogen-bond donors (Lipinski definition) is 1. The van der Waals surface area contributed by atoms with Crippen LogP contribution in [0.3, 0.4) is 0 Å². The van der Waals surface area contributed by atoms with E-state index in [2.05, 4.69) is 5.32 Å². The van der Waals surface area contributed by atoms with Gasteiger partial charge in [-0.3, -0.25) is 0 Å². The van der Waals surface area contributed by atoms with E-state index in [4.69, 9.17) is 21.1 Å². The third-order valence-corrected chi connectivity index (χ3v) is 4.29. The minimum Gasteiger partial charge on any atom is -0.496 e. The van der Waals surface area contributed by atoms with Gasteiger partial charge in [-0.25, -0.2) is 9.18 Å². The maximum Gasteiger partial charge on any atom is 0.407 e. The zero-order chi connectivity index (χ0) is 17.2. The van der Waals surface area contributed by atoms with Gasteiger partial charge in [-0.15, -0.1) is 0 Å². The highest BCUT2D eigenvalue weighted by molar-refractivity contribution is 6.30. The molecule has 0 radical (unpaired) electrons. The van der Waals surface area contributed by atoms with Crippen LogP contribution in [0.5, 0.6) is 5.75 Å². The molecule has 1 N–H and O–H groups in total. The number of methoxy groups -OCH3 is 1. The van der Waals surface area contributed by atoms with E-state index in [0.29, 0.717) is 12.3 Å². The Morgan fingerprint density at radius 1 is 1.39 bits per heavy atom. The molecule has 0 bridgehead atoms. The predicted octanol–water partition coefficient (Wildman–Crippen LogP) is 4.51. The van der Waals surface area contributed by atoms with Gasteiger partial charge >= 0.3 is 6.09 Å². The van der Waals surface area contributed by atoms with Gasteiger partial charge < -0.3 is 14.8 Å². The number of ether oxygens (including phenoxy) is 2. The van der Waals surface area contributed by atoms with E-state index in [1.54, 1.807) is 6.07 Å². The number of hydrogen-bond acceptors (Lipinski definition) is 3. The van der Waals surface area contributed by atoms with E-state index in [9.17, 15) is 9.18 Å². The summed E-state index contributed by atoms with van der Waals surface area (Å²) in [5.41, 5.74) is 0.373. The molecule has 0 aromatic heterocycles. The van der Waals surface area contributed by atoms with Crippen LogP contribution in [0.1, 0.15) is 45.1 Å². The van der Waals surface area contributed by atoms with Crippen LogP contribution in [0.4, 0.5) is 9.18 Å². The number of halogens is 2. The maximum absolute atomic E-state index is 13.6. The maximum atomic E-state index is 13.6. The zero-order valence-corrected chi connectivity index (χ0v) is 14.7. The molecule has 1 aliphatic carbocycles. The number of rotatable bonds is 4. The summed E-state index contributed by atoms with van der Waals surface area (Å²) in [7, 11) is 1.51. The molecule has 1 aromatic carbocycles. The van der Waals surface area contributed by atoms with Crippen LogP contribution in [0.15, 0.2) is 12.1 Å². The summed E-state index contributed by atoms with van der Waals surface area (Å²) < 4.78 is 24.1. The Balaban J connectivity index is 2.00. The van der Waals surface area contributed by atoms with Gasteiger partial charge in [0.15, 0.2) is 0 Å². The third kappa shape index (κ3) is 4.50. The fourth-order valence-electron chi connectivity index (χ4n) is 2.76. The lowest BCUT2D eigenvalue weighted by atomic mass is 9.69. The molecule has 0 unspecified atom stereocenters. The van der Waals surface area contributed by atoms with Gasteiger partial charge in [0, 0.05) is 12.6 Å². The first-order chi connectivity index (χ1) is 10.7. The predicted molar refractivity (Wildman–Crippen MR) is 87.7 cm³/mol. The van der Waals surface area contributed by atoms with Crippen molar-refractivity contribution in [2.75, 3.05) is 13.7 Å². The quantitative estimate of drug-likeness (QED) is 0.875. The van der Waals surface area contributed by atoms with Crippen molar-refractivity contribution in [3.05, 3.63) is 28.5 Å². The van der Waals surface area contributed by atoms with Gasteiger partial charge in [0.2, 0.25) is 0 Å². The minimum absolute atomic E-state index is 0.0894. The molecule has 0 heterocycles. The number of carbonyl (C=O) groups excluding carboxylic acids is 1. The Hall–Kier alpha value is -1.49. The number of nitrogens with one attached hydrogen (secondary N) is 1. The van der Waals surface area contributed by atoms with Gasteiger partial charge in [-0.2, -0.15) is 0 Å². The van der Waals surface area contributed by atoms with Crippen LogP contribution in [0, 0.1) is 11.7 Å². The molecule has 23 heavy (non-hydrogen) atoms. The van der Waals surface area contributed by atoms with Crippen molar-refractivity contribution in [2.24, 2.45) is 5.92 Å². The van der Waals surface area contributed by atoms with E-state index in [-0.39, 0.29) is 16.9 Å². The van der Waals surface area contributed by atoms with E-state index < -0.39 is 17.5 Å². The molecule has 2 rings (SSSR count). The highest BCUT2D eigenvalue weighted by atomic mass is 35.5. The largest absolute Gasteiger partial charge is 0.496 e. The van der Waals surface area contributed by atoms with E-state index in [0.717, 1.165) is 18.4 Å². The Morgan fingerprint density at radius 2 is 2.09 bits per heavy atom. The fraction of sp³-hybridized carbons (Fsp3) is 0.588. The molecule has 1 saturated carbocycles. The first kappa shape index (κ1) is 17.9. The van der Waals surface area contributed by atoms with Crippen LogP contribution < -0.4 is 10.1 Å². The fourth-order valence-corrected chi connectivity index (χ4v) is 2.93. The molecule has 6 heteroatoms. The summed E-state index contributed by atoms with van der Waals surface area (Å²) in [6.07, 6.45) is 1.52. The normalized spacial score (nSPS) is 20.6. The molecule has 0 aliphatic heterocycles. The second kappa shape index (κ2) is 6.95. The summed E-state index contributed by atoms with van der Waals surface area (Å²) >= 11 is 5.90. The van der Waals surface area contributed by atoms with Gasteiger partial charge in [-0.05, 0) is 57.1 Å². The average molecular weight is 344 g/mol. The highest BCUT2D eigenvalue weighted by Crippen LogP contribution is 2.46. The lowest BCUT2D eigenvalue weighted by Gasteiger charge is -2.38. The van der Waals surface area contributed by atoms with Crippen LogP contribution in [-0.4, -0.2) is 25.3 Å². The highest BCUT2D eigenvalue weighted by Gasteiger charge is 2.35. The second-order valence-electron chi connectivity index (χ2n) is 6.83. The van der Waals surface area contributed by atoms with Crippen LogP contribution >= 0.6 is 11.6 Å². The number of carbonyl (C=O) groups is 1. The standard InChI is InChI=1S/C17H23ClFNO3/c1-17(2,3)23-16(21)20-9-10-5-6-11(10)12-7-13(18)14(19)8-15(12)22-4/h7-8,10-11H,5-6,9H2,1-4H3,(H,20,21)/t10-,11+/m0/s1. The molecule has 4 nitrogen and oxygen atoms in total. The summed E-state index contributed by atoms with van der Waals surface area (Å²) in [4.78, 5) is 11.7. The van der Waals surface area contributed by atoms with Gasteiger partial charge in [0.1, 0.15) is 17.2 Å². The molecule has 1 amide bonds. The Morgan fingerprint density at radius 3 is 2.61 bits per heavy atom. The molecular formula is C17H23ClFNO3. The number of benzene rings is 1. The summed E-state index contributed by atoms with van der Waals surface area (Å²) in [6, 6.07) is 2.94. The molecule has 2 atom stereocenters. The third-order valence-electron chi connectivity index (χ3n) is 4.00. The van der Waals surface area contributed by atoms with Gasteiger partial charge in [0.05, 0.1) is 12.1 Å². The number of alkyl carbamates (subject to hydrolysis) is 1. The Labute approximate surface area is 141 Å². The average Bonchev–Trinajstić information content (AvgIpc) is 2.39. The summed E-state index contributed by atoms with van der Waals surface area (Å²) in [5.74, 6) is 0.463. The Bertz CT molecular complexity index is 586. The second-order valence-corrected chi connectivity index (χ2v) is 7.24. The van der Waals surface area contributed by atoms with Crippen molar-refractivity contribution in [3.8, 4) is 5.75 Å². The van der Waals surface area contributed by atoms with Crippen LogP contribution in [0.25, 0.3) is 0 Å². The monoisotopic (exact) mass is 343 g/mol. The van der Waals surface area contributed by atoms with E-state index >= 15 is 0 Å². The first-order valence-corrected chi connectivity index (χ1v) is 8.09. The molecular weight excluding hydrogens is 321 g/mol. The van der Waals surface area contributed by atoms with Gasteiger partial charge in [-0.1, -0.05) is 11.6 Å². The van der Waals surface area contributed by atoms with Crippen molar-refractivity contribution < 1.29 is 18.7 Å². The van der Waals surface area contributed by atoms with E-state index in [1.165, 1.54) is 13.2 Å².